The first-order chi connectivity index (χ1) is 20.7. The topological polar surface area (TPSA) is 89.6 Å². The average molecular weight is 601 g/mol. The van der Waals surface area contributed by atoms with E-state index in [1.165, 1.54) is 23.3 Å². The molecule has 0 saturated carbocycles. The molecule has 0 saturated heterocycles. The Morgan fingerprint density at radius 2 is 1.14 bits per heavy atom. The second-order valence-corrected chi connectivity index (χ2v) is 11.7. The molecule has 1 aliphatic heterocycles. The molecule has 0 unspecified atom stereocenters. The minimum atomic E-state index is -0.429. The highest BCUT2D eigenvalue weighted by Crippen LogP contribution is 2.28. The molecule has 8 nitrogen and oxygen atoms in total. The lowest BCUT2D eigenvalue weighted by Gasteiger charge is -2.25. The SMILES string of the molecule is O=[N+]([O-])c1ccc(N=Nc2ccc(N3CCSCc4ccccc4OCCOc4ccccc4CSCC3)cc2)cc1. The molecule has 1 aliphatic rings. The highest BCUT2D eigenvalue weighted by Gasteiger charge is 2.11. The molecule has 0 atom stereocenters. The van der Waals surface area contributed by atoms with Gasteiger partial charge < -0.3 is 14.4 Å². The van der Waals surface area contributed by atoms with Crippen LogP contribution in [0.5, 0.6) is 11.5 Å². The lowest BCUT2D eigenvalue weighted by molar-refractivity contribution is -0.384. The maximum Gasteiger partial charge on any atom is 0.269 e. The van der Waals surface area contributed by atoms with Gasteiger partial charge in [0.15, 0.2) is 0 Å². The van der Waals surface area contributed by atoms with Gasteiger partial charge in [-0.3, -0.25) is 10.1 Å². The lowest BCUT2D eigenvalue weighted by atomic mass is 10.2. The van der Waals surface area contributed by atoms with Gasteiger partial charge in [-0.05, 0) is 48.5 Å². The molecule has 5 rings (SSSR count). The van der Waals surface area contributed by atoms with Crippen LogP contribution in [0.15, 0.2) is 107 Å². The normalized spacial score (nSPS) is 15.1. The Labute approximate surface area is 254 Å². The fraction of sp³-hybridized carbons (Fsp3) is 0.250. The minimum absolute atomic E-state index is 0.0310. The third-order valence-corrected chi connectivity index (χ3v) is 8.60. The summed E-state index contributed by atoms with van der Waals surface area (Å²) in [5.74, 6) is 5.54. The van der Waals surface area contributed by atoms with Gasteiger partial charge in [0.2, 0.25) is 0 Å². The smallest absolute Gasteiger partial charge is 0.269 e. The van der Waals surface area contributed by atoms with Crippen LogP contribution in [-0.2, 0) is 11.5 Å². The minimum Gasteiger partial charge on any atom is -0.490 e. The summed E-state index contributed by atoms with van der Waals surface area (Å²) in [6, 6.07) is 30.5. The van der Waals surface area contributed by atoms with Crippen LogP contribution in [0.4, 0.5) is 22.7 Å². The van der Waals surface area contributed by atoms with E-state index < -0.39 is 4.92 Å². The third kappa shape index (κ3) is 8.50. The van der Waals surface area contributed by atoms with E-state index in [4.69, 9.17) is 9.47 Å². The number of rotatable bonds is 4. The zero-order valence-electron chi connectivity index (χ0n) is 23.1. The summed E-state index contributed by atoms with van der Waals surface area (Å²) in [5, 5.41) is 19.4. The predicted octanol–water partition coefficient (Wildman–Crippen LogP) is 8.45. The van der Waals surface area contributed by atoms with E-state index in [-0.39, 0.29) is 5.69 Å². The van der Waals surface area contributed by atoms with Crippen molar-refractivity contribution >= 4 is 46.3 Å². The van der Waals surface area contributed by atoms with Crippen LogP contribution >= 0.6 is 23.5 Å². The maximum atomic E-state index is 10.9. The number of anilines is 1. The van der Waals surface area contributed by atoms with Crippen LogP contribution in [0.2, 0.25) is 0 Å². The van der Waals surface area contributed by atoms with Crippen LogP contribution in [0, 0.1) is 10.1 Å². The van der Waals surface area contributed by atoms with Crippen LogP contribution in [0.25, 0.3) is 0 Å². The van der Waals surface area contributed by atoms with E-state index in [9.17, 15) is 10.1 Å². The van der Waals surface area contributed by atoms with Crippen LogP contribution in [0.3, 0.4) is 0 Å². The molecule has 0 amide bonds. The second kappa shape index (κ2) is 15.3. The molecular formula is C32H32N4O4S2. The molecule has 0 bridgehead atoms. The number of nitro groups is 1. The Morgan fingerprint density at radius 3 is 1.64 bits per heavy atom. The summed E-state index contributed by atoms with van der Waals surface area (Å²) in [5.41, 5.74) is 4.84. The summed E-state index contributed by atoms with van der Waals surface area (Å²) in [6.45, 7) is 2.83. The molecule has 4 aromatic rings. The number of hydrogen-bond acceptors (Lipinski definition) is 9. The van der Waals surface area contributed by atoms with Gasteiger partial charge in [-0.25, -0.2) is 0 Å². The Bertz CT molecular complexity index is 1430. The molecule has 0 spiro atoms. The second-order valence-electron chi connectivity index (χ2n) is 9.49. The maximum absolute atomic E-state index is 10.9. The number of fused-ring (bicyclic) bond motifs is 2. The first-order valence-corrected chi connectivity index (χ1v) is 16.0. The molecule has 0 radical (unpaired) electrons. The van der Waals surface area contributed by atoms with Gasteiger partial charge in [-0.1, -0.05) is 36.4 Å². The highest BCUT2D eigenvalue weighted by molar-refractivity contribution is 7.98. The van der Waals surface area contributed by atoms with Crippen LogP contribution < -0.4 is 14.4 Å². The van der Waals surface area contributed by atoms with E-state index in [1.54, 1.807) is 12.1 Å². The first kappa shape index (κ1) is 29.5. The molecule has 0 aliphatic carbocycles. The van der Waals surface area contributed by atoms with E-state index in [1.807, 2.05) is 59.9 Å². The number of nitrogens with zero attached hydrogens (tertiary/aromatic N) is 4. The predicted molar refractivity (Wildman–Crippen MR) is 172 cm³/mol. The monoisotopic (exact) mass is 600 g/mol. The summed E-state index contributed by atoms with van der Waals surface area (Å²) >= 11 is 3.80. The Hall–Kier alpha value is -4.02. The molecule has 10 heteroatoms. The zero-order valence-corrected chi connectivity index (χ0v) is 24.8. The fourth-order valence-corrected chi connectivity index (χ4v) is 6.31. The van der Waals surface area contributed by atoms with Gasteiger partial charge in [0, 0.05) is 65.0 Å². The van der Waals surface area contributed by atoms with Crippen molar-refractivity contribution in [3.05, 3.63) is 118 Å². The molecule has 1 heterocycles. The molecular weight excluding hydrogens is 569 g/mol. The molecule has 0 fully saturated rings. The van der Waals surface area contributed by atoms with E-state index in [0.717, 1.165) is 59.0 Å². The van der Waals surface area contributed by atoms with Crippen molar-refractivity contribution < 1.29 is 14.4 Å². The number of non-ortho nitro benzene ring substituents is 1. The number of hydrogen-bond donors (Lipinski definition) is 0. The van der Waals surface area contributed by atoms with Gasteiger partial charge in [0.05, 0.1) is 16.3 Å². The Kier molecular flexibility index (Phi) is 10.7. The quantitative estimate of drug-likeness (QED) is 0.132. The van der Waals surface area contributed by atoms with Crippen molar-refractivity contribution in [2.45, 2.75) is 11.5 Å². The van der Waals surface area contributed by atoms with Crippen LogP contribution in [0.1, 0.15) is 11.1 Å². The number of para-hydroxylation sites is 2. The van der Waals surface area contributed by atoms with Crippen molar-refractivity contribution in [2.24, 2.45) is 10.2 Å². The van der Waals surface area contributed by atoms with Gasteiger partial charge in [0.25, 0.3) is 5.69 Å². The summed E-state index contributed by atoms with van der Waals surface area (Å²) in [6.07, 6.45) is 0. The van der Waals surface area contributed by atoms with Gasteiger partial charge >= 0.3 is 0 Å². The summed E-state index contributed by atoms with van der Waals surface area (Å²) < 4.78 is 12.2. The molecule has 4 aromatic carbocycles. The van der Waals surface area contributed by atoms with Crippen LogP contribution in [-0.4, -0.2) is 42.7 Å². The number of ether oxygens (including phenoxy) is 2. The third-order valence-electron chi connectivity index (χ3n) is 6.63. The van der Waals surface area contributed by atoms with E-state index in [2.05, 4.69) is 51.5 Å². The van der Waals surface area contributed by atoms with E-state index >= 15 is 0 Å². The fourth-order valence-electron chi connectivity index (χ4n) is 4.40. The Balaban J connectivity index is 1.27. The van der Waals surface area contributed by atoms with Crippen molar-refractivity contribution in [2.75, 3.05) is 42.7 Å². The first-order valence-electron chi connectivity index (χ1n) is 13.7. The van der Waals surface area contributed by atoms with Crippen molar-refractivity contribution in [1.82, 2.24) is 0 Å². The van der Waals surface area contributed by atoms with Crippen molar-refractivity contribution in [3.63, 3.8) is 0 Å². The highest BCUT2D eigenvalue weighted by atomic mass is 32.2. The molecule has 216 valence electrons. The van der Waals surface area contributed by atoms with Gasteiger partial charge in [0.1, 0.15) is 24.7 Å². The van der Waals surface area contributed by atoms with Gasteiger partial charge in [-0.15, -0.1) is 0 Å². The van der Waals surface area contributed by atoms with Gasteiger partial charge in [-0.2, -0.15) is 33.8 Å². The molecule has 42 heavy (non-hydrogen) atoms. The van der Waals surface area contributed by atoms with Crippen molar-refractivity contribution in [1.29, 1.82) is 0 Å². The number of benzene rings is 4. The lowest BCUT2D eigenvalue weighted by Crippen LogP contribution is -2.28. The number of nitro benzene ring substituents is 1. The number of thioether (sulfide) groups is 2. The van der Waals surface area contributed by atoms with Crippen molar-refractivity contribution in [3.8, 4) is 11.5 Å². The number of azo groups is 1. The zero-order chi connectivity index (χ0) is 29.0. The summed E-state index contributed by atoms with van der Waals surface area (Å²) in [7, 11) is 0. The van der Waals surface area contributed by atoms with E-state index in [0.29, 0.717) is 18.9 Å². The summed E-state index contributed by atoms with van der Waals surface area (Å²) in [4.78, 5) is 12.9. The Morgan fingerprint density at radius 1 is 0.667 bits per heavy atom. The largest absolute Gasteiger partial charge is 0.490 e. The average Bonchev–Trinajstić information content (AvgIpc) is 3.03. The standard InChI is InChI=1S/C32H32N4O4S2/c37-36(38)30-15-11-28(12-16-30)34-33-27-9-13-29(14-10-27)35-17-21-41-23-25-5-1-3-7-31(25)39-19-20-40-32-8-4-2-6-26(32)24-42-22-18-35/h1-16H,17-24H2. The molecule has 0 N–H and O–H groups in total. The molecule has 0 aromatic heterocycles.